The van der Waals surface area contributed by atoms with Gasteiger partial charge in [-0.25, -0.2) is 4.98 Å². The Morgan fingerprint density at radius 1 is 1.46 bits per heavy atom. The Labute approximate surface area is 166 Å². The maximum atomic E-state index is 12.7. The largest absolute Gasteiger partial charge is 0.440 e. The number of carbonyl (C=O) groups is 1. The van der Waals surface area contributed by atoms with Crippen LogP contribution in [0.4, 0.5) is 0 Å². The van der Waals surface area contributed by atoms with Crippen LogP contribution in [0.2, 0.25) is 0 Å². The van der Waals surface area contributed by atoms with Crippen LogP contribution in [0.1, 0.15) is 37.1 Å². The van der Waals surface area contributed by atoms with Crippen LogP contribution in [-0.2, 0) is 16.2 Å². The van der Waals surface area contributed by atoms with Crippen LogP contribution in [0.15, 0.2) is 38.4 Å². The van der Waals surface area contributed by atoms with E-state index in [9.17, 15) is 4.79 Å². The van der Waals surface area contributed by atoms with Crippen molar-refractivity contribution in [2.24, 2.45) is 16.6 Å². The van der Waals surface area contributed by atoms with Crippen molar-refractivity contribution in [3.63, 3.8) is 0 Å². The van der Waals surface area contributed by atoms with Crippen LogP contribution >= 0.6 is 11.3 Å². The molecule has 0 saturated heterocycles. The fourth-order valence-corrected chi connectivity index (χ4v) is 4.63. The zero-order valence-corrected chi connectivity index (χ0v) is 16.7. The number of oxime groups is 1. The minimum absolute atomic E-state index is 0.00208. The monoisotopic (exact) mass is 401 g/mol. The number of aromatic nitrogens is 1. The quantitative estimate of drug-likeness (QED) is 0.451. The summed E-state index contributed by atoms with van der Waals surface area (Å²) < 4.78 is 5.68. The molecule has 4 N–H and O–H groups in total. The number of thiophene rings is 1. The van der Waals surface area contributed by atoms with Gasteiger partial charge in [0.25, 0.3) is 5.91 Å². The van der Waals surface area contributed by atoms with Gasteiger partial charge in [-0.05, 0) is 31.2 Å². The predicted octanol–water partition coefficient (Wildman–Crippen LogP) is 2.50. The van der Waals surface area contributed by atoms with E-state index in [0.717, 1.165) is 30.6 Å². The van der Waals surface area contributed by atoms with Crippen molar-refractivity contribution >= 4 is 23.1 Å². The Kier molecular flexibility index (Phi) is 4.62. The van der Waals surface area contributed by atoms with Crippen LogP contribution in [-0.4, -0.2) is 34.2 Å². The summed E-state index contributed by atoms with van der Waals surface area (Å²) in [6.45, 7) is 1.90. The van der Waals surface area contributed by atoms with Crippen LogP contribution in [0.3, 0.4) is 0 Å². The van der Waals surface area contributed by atoms with Gasteiger partial charge >= 0.3 is 0 Å². The number of oxazole rings is 1. The maximum absolute atomic E-state index is 12.7. The second-order valence-electron chi connectivity index (χ2n) is 7.14. The third-order valence-corrected chi connectivity index (χ3v) is 6.46. The molecule has 0 aromatic carbocycles. The number of rotatable bonds is 5. The molecule has 0 unspecified atom stereocenters. The minimum Gasteiger partial charge on any atom is -0.440 e. The Morgan fingerprint density at radius 3 is 2.89 bits per heavy atom. The van der Waals surface area contributed by atoms with Gasteiger partial charge in [0.1, 0.15) is 17.0 Å². The standard InChI is InChI=1S/C19H23N5O3S/c1-11-12(22-17(27-11)13-6-5-9-28-13)10-26-23-16(21)14-15(20)19(7-3-4-8-19)24(2)18(14)25/h5-6,9H,3-4,7-8,10,20H2,1-2H3,(H2,21,23). The number of aryl methyl sites for hydroxylation is 1. The molecule has 3 heterocycles. The van der Waals surface area contributed by atoms with Gasteiger partial charge in [0.2, 0.25) is 5.89 Å². The molecule has 1 spiro atoms. The van der Waals surface area contributed by atoms with Crippen LogP contribution < -0.4 is 11.5 Å². The van der Waals surface area contributed by atoms with Gasteiger partial charge in [-0.1, -0.05) is 24.1 Å². The van der Waals surface area contributed by atoms with E-state index in [0.29, 0.717) is 23.0 Å². The highest BCUT2D eigenvalue weighted by atomic mass is 32.1. The molecule has 28 heavy (non-hydrogen) atoms. The molecular weight excluding hydrogens is 378 g/mol. The van der Waals surface area contributed by atoms with Crippen molar-refractivity contribution in [2.45, 2.75) is 44.8 Å². The van der Waals surface area contributed by atoms with Crippen LogP contribution in [0.5, 0.6) is 0 Å². The van der Waals surface area contributed by atoms with E-state index in [1.807, 2.05) is 24.4 Å². The first-order valence-corrected chi connectivity index (χ1v) is 10.1. The molecule has 4 rings (SSSR count). The van der Waals surface area contributed by atoms with E-state index in [2.05, 4.69) is 10.1 Å². The molecule has 9 heteroatoms. The molecule has 2 aromatic rings. The van der Waals surface area contributed by atoms with Crippen molar-refractivity contribution in [2.75, 3.05) is 7.05 Å². The lowest BCUT2D eigenvalue weighted by molar-refractivity contribution is -0.127. The number of hydrogen-bond donors (Lipinski definition) is 2. The first-order chi connectivity index (χ1) is 13.4. The highest BCUT2D eigenvalue weighted by Crippen LogP contribution is 2.44. The van der Waals surface area contributed by atoms with E-state index < -0.39 is 5.54 Å². The summed E-state index contributed by atoms with van der Waals surface area (Å²) in [5.74, 6) is 0.989. The molecule has 0 bridgehead atoms. The highest BCUT2D eigenvalue weighted by molar-refractivity contribution is 7.13. The lowest BCUT2D eigenvalue weighted by Gasteiger charge is -2.33. The number of likely N-dealkylation sites (N-methyl/N-ethyl adjacent to an activating group) is 1. The summed E-state index contributed by atoms with van der Waals surface area (Å²) in [5.41, 5.74) is 13.3. The molecule has 2 aromatic heterocycles. The zero-order valence-electron chi connectivity index (χ0n) is 15.9. The summed E-state index contributed by atoms with van der Waals surface area (Å²) in [4.78, 5) is 25.1. The normalized spacial score (nSPS) is 19.3. The molecule has 1 saturated carbocycles. The minimum atomic E-state index is -0.426. The number of carbonyl (C=O) groups excluding carboxylic acids is 1. The van der Waals surface area contributed by atoms with Gasteiger partial charge in [-0.2, -0.15) is 0 Å². The molecule has 148 valence electrons. The lowest BCUT2D eigenvalue weighted by Crippen LogP contribution is -2.45. The summed E-state index contributed by atoms with van der Waals surface area (Å²) in [7, 11) is 1.77. The van der Waals surface area contributed by atoms with E-state index in [1.165, 1.54) is 0 Å². The fraction of sp³-hybridized carbons (Fsp3) is 0.421. The summed E-state index contributed by atoms with van der Waals surface area (Å²) in [5, 5.41) is 5.89. The molecule has 1 fully saturated rings. The van der Waals surface area contributed by atoms with Crippen molar-refractivity contribution in [3.05, 3.63) is 40.2 Å². The number of amides is 1. The zero-order chi connectivity index (χ0) is 19.9. The molecule has 0 atom stereocenters. The third-order valence-electron chi connectivity index (χ3n) is 5.61. The average Bonchev–Trinajstić information content (AvgIpc) is 3.44. The van der Waals surface area contributed by atoms with Crippen molar-refractivity contribution in [1.82, 2.24) is 9.88 Å². The molecular formula is C19H23N5O3S. The Morgan fingerprint density at radius 2 is 2.21 bits per heavy atom. The molecule has 0 radical (unpaired) electrons. The highest BCUT2D eigenvalue weighted by Gasteiger charge is 2.51. The SMILES string of the molecule is Cc1oc(-c2cccs2)nc1CO/N=C(\N)C1=C(N)C2(CCCC2)N(C)C1=O. The van der Waals surface area contributed by atoms with E-state index in [-0.39, 0.29) is 23.9 Å². The van der Waals surface area contributed by atoms with Gasteiger partial charge in [0.05, 0.1) is 16.1 Å². The van der Waals surface area contributed by atoms with Gasteiger partial charge in [0, 0.05) is 7.05 Å². The van der Waals surface area contributed by atoms with Gasteiger partial charge in [-0.3, -0.25) is 4.79 Å². The van der Waals surface area contributed by atoms with E-state index >= 15 is 0 Å². The summed E-state index contributed by atoms with van der Waals surface area (Å²) >= 11 is 1.55. The molecule has 1 aliphatic heterocycles. The van der Waals surface area contributed by atoms with Crippen molar-refractivity contribution < 1.29 is 14.0 Å². The molecule has 8 nitrogen and oxygen atoms in total. The smallest absolute Gasteiger partial charge is 0.260 e. The molecule has 1 amide bonds. The average molecular weight is 401 g/mol. The lowest BCUT2D eigenvalue weighted by atomic mass is 9.93. The Bertz CT molecular complexity index is 954. The summed E-state index contributed by atoms with van der Waals surface area (Å²) in [6.07, 6.45) is 3.78. The fourth-order valence-electron chi connectivity index (χ4n) is 3.98. The molecule has 2 aliphatic rings. The van der Waals surface area contributed by atoms with Crippen molar-refractivity contribution in [3.8, 4) is 10.8 Å². The van der Waals surface area contributed by atoms with E-state index in [4.69, 9.17) is 20.7 Å². The Balaban J connectivity index is 1.50. The molecule has 1 aliphatic carbocycles. The predicted molar refractivity (Wildman–Crippen MR) is 106 cm³/mol. The first kappa shape index (κ1) is 18.5. The Hall–Kier alpha value is -2.81. The number of hydrogen-bond acceptors (Lipinski definition) is 7. The van der Waals surface area contributed by atoms with Gasteiger partial charge in [-0.15, -0.1) is 11.3 Å². The third kappa shape index (κ3) is 2.86. The number of nitrogens with two attached hydrogens (primary N) is 2. The first-order valence-electron chi connectivity index (χ1n) is 9.18. The number of nitrogens with zero attached hydrogens (tertiary/aromatic N) is 3. The van der Waals surface area contributed by atoms with Crippen molar-refractivity contribution in [1.29, 1.82) is 0 Å². The summed E-state index contributed by atoms with van der Waals surface area (Å²) in [6, 6.07) is 3.87. The van der Waals surface area contributed by atoms with Crippen LogP contribution in [0, 0.1) is 6.92 Å². The second-order valence-corrected chi connectivity index (χ2v) is 8.09. The maximum Gasteiger partial charge on any atom is 0.260 e. The second kappa shape index (κ2) is 6.97. The van der Waals surface area contributed by atoms with Crippen LogP contribution in [0.25, 0.3) is 10.8 Å². The van der Waals surface area contributed by atoms with Gasteiger partial charge < -0.3 is 25.6 Å². The van der Waals surface area contributed by atoms with Gasteiger partial charge in [0.15, 0.2) is 12.4 Å². The number of amidine groups is 1. The van der Waals surface area contributed by atoms with E-state index in [1.54, 1.807) is 23.3 Å². The topological polar surface area (TPSA) is 120 Å².